The summed E-state index contributed by atoms with van der Waals surface area (Å²) in [6.45, 7) is 3.11. The van der Waals surface area contributed by atoms with Gasteiger partial charge in [0, 0.05) is 20.0 Å². The van der Waals surface area contributed by atoms with Gasteiger partial charge in [-0.1, -0.05) is 18.6 Å². The molecule has 0 aliphatic heterocycles. The summed E-state index contributed by atoms with van der Waals surface area (Å²) in [5.74, 6) is 0.361. The maximum atomic E-state index is 13.5. The number of rotatable bonds is 10. The summed E-state index contributed by atoms with van der Waals surface area (Å²) >= 11 is 0. The molecule has 1 unspecified atom stereocenters. The van der Waals surface area contributed by atoms with Crippen molar-refractivity contribution in [3.8, 4) is 5.75 Å². The summed E-state index contributed by atoms with van der Waals surface area (Å²) in [4.78, 5) is 15.1. The minimum Gasteiger partial charge on any atom is -0.486 e. The van der Waals surface area contributed by atoms with Crippen LogP contribution in [0, 0.1) is 5.82 Å². The van der Waals surface area contributed by atoms with Gasteiger partial charge in [-0.05, 0) is 31.9 Å². The van der Waals surface area contributed by atoms with Gasteiger partial charge >= 0.3 is 5.97 Å². The molecule has 0 radical (unpaired) electrons. The Morgan fingerprint density at radius 1 is 1.23 bits per heavy atom. The van der Waals surface area contributed by atoms with Crippen molar-refractivity contribution in [1.29, 1.82) is 0 Å². The Balaban J connectivity index is 0.00000625. The van der Waals surface area contributed by atoms with Gasteiger partial charge in [0.25, 0.3) is 0 Å². The Bertz CT molecular complexity index is 558. The first-order valence-corrected chi connectivity index (χ1v) is 8.49. The van der Waals surface area contributed by atoms with Crippen molar-refractivity contribution in [2.45, 2.75) is 38.7 Å². The summed E-state index contributed by atoms with van der Waals surface area (Å²) in [5.41, 5.74) is 0. The van der Waals surface area contributed by atoms with E-state index < -0.39 is 0 Å². The topological polar surface area (TPSA) is 72.0 Å². The summed E-state index contributed by atoms with van der Waals surface area (Å²) in [5, 5.41) is 6.34. The zero-order chi connectivity index (χ0) is 18.5. The number of hydrogen-bond acceptors (Lipinski definition) is 4. The van der Waals surface area contributed by atoms with E-state index in [4.69, 9.17) is 4.74 Å². The number of nitrogens with one attached hydrogen (secondary N) is 2. The van der Waals surface area contributed by atoms with E-state index >= 15 is 0 Å². The summed E-state index contributed by atoms with van der Waals surface area (Å²) in [6, 6.07) is 6.34. The highest BCUT2D eigenvalue weighted by Crippen LogP contribution is 2.16. The van der Waals surface area contributed by atoms with Crippen LogP contribution < -0.4 is 15.4 Å². The predicted molar refractivity (Wildman–Crippen MR) is 112 cm³/mol. The molecule has 2 N–H and O–H groups in total. The molecular weight excluding hydrogens is 452 g/mol. The number of halogens is 2. The van der Waals surface area contributed by atoms with Crippen LogP contribution in [0.3, 0.4) is 0 Å². The Morgan fingerprint density at radius 2 is 1.96 bits per heavy atom. The molecule has 1 atom stereocenters. The number of esters is 1. The van der Waals surface area contributed by atoms with Crippen molar-refractivity contribution in [3.05, 3.63) is 30.1 Å². The van der Waals surface area contributed by atoms with Crippen LogP contribution in [-0.4, -0.2) is 45.3 Å². The Labute approximate surface area is 172 Å². The molecule has 0 bridgehead atoms. The van der Waals surface area contributed by atoms with Crippen molar-refractivity contribution in [2.24, 2.45) is 4.99 Å². The van der Waals surface area contributed by atoms with E-state index in [1.165, 1.54) is 13.2 Å². The molecule has 26 heavy (non-hydrogen) atoms. The zero-order valence-corrected chi connectivity index (χ0v) is 17.9. The first-order valence-electron chi connectivity index (χ1n) is 8.49. The van der Waals surface area contributed by atoms with Crippen LogP contribution in [0.4, 0.5) is 4.39 Å². The predicted octanol–water partition coefficient (Wildman–Crippen LogP) is 3.11. The SMILES string of the molecule is CN=C(NCCCCCC(=O)OC)NCC(C)Oc1ccccc1F.I. The molecule has 1 rings (SSSR count). The molecule has 0 spiro atoms. The summed E-state index contributed by atoms with van der Waals surface area (Å²) in [6.07, 6.45) is 2.92. The van der Waals surface area contributed by atoms with Gasteiger partial charge in [-0.15, -0.1) is 24.0 Å². The van der Waals surface area contributed by atoms with Gasteiger partial charge in [-0.3, -0.25) is 9.79 Å². The minimum absolute atomic E-state index is 0. The highest BCUT2D eigenvalue weighted by molar-refractivity contribution is 14.0. The third-order valence-corrected chi connectivity index (χ3v) is 3.52. The molecule has 1 aromatic carbocycles. The molecule has 8 heteroatoms. The number of para-hydroxylation sites is 1. The molecule has 0 aromatic heterocycles. The first-order chi connectivity index (χ1) is 12.1. The molecule has 6 nitrogen and oxygen atoms in total. The van der Waals surface area contributed by atoms with E-state index in [1.807, 2.05) is 6.92 Å². The van der Waals surface area contributed by atoms with Crippen molar-refractivity contribution in [1.82, 2.24) is 10.6 Å². The van der Waals surface area contributed by atoms with Crippen molar-refractivity contribution in [2.75, 3.05) is 27.2 Å². The largest absolute Gasteiger partial charge is 0.486 e. The number of unbranched alkanes of at least 4 members (excludes halogenated alkanes) is 2. The zero-order valence-electron chi connectivity index (χ0n) is 15.6. The second-order valence-electron chi connectivity index (χ2n) is 5.63. The van der Waals surface area contributed by atoms with Crippen molar-refractivity contribution in [3.63, 3.8) is 0 Å². The number of carbonyl (C=O) groups excluding carboxylic acids is 1. The molecule has 0 saturated heterocycles. The third-order valence-electron chi connectivity index (χ3n) is 3.52. The number of carbonyl (C=O) groups is 1. The van der Waals surface area contributed by atoms with Crippen LogP contribution in [0.2, 0.25) is 0 Å². The second-order valence-corrected chi connectivity index (χ2v) is 5.63. The van der Waals surface area contributed by atoms with Crippen LogP contribution in [0.25, 0.3) is 0 Å². The van der Waals surface area contributed by atoms with E-state index in [0.29, 0.717) is 18.9 Å². The van der Waals surface area contributed by atoms with E-state index in [0.717, 1.165) is 25.8 Å². The number of ether oxygens (including phenoxy) is 2. The average molecular weight is 481 g/mol. The van der Waals surface area contributed by atoms with Gasteiger partial charge in [0.2, 0.25) is 0 Å². The highest BCUT2D eigenvalue weighted by atomic mass is 127. The molecule has 0 fully saturated rings. The van der Waals surface area contributed by atoms with Crippen molar-refractivity contribution >= 4 is 35.9 Å². The minimum atomic E-state index is -0.371. The first kappa shape index (κ1) is 24.4. The van der Waals surface area contributed by atoms with Crippen LogP contribution in [0.15, 0.2) is 29.3 Å². The van der Waals surface area contributed by atoms with E-state index in [1.54, 1.807) is 25.2 Å². The van der Waals surface area contributed by atoms with Crippen LogP contribution in [-0.2, 0) is 9.53 Å². The lowest BCUT2D eigenvalue weighted by Crippen LogP contribution is -2.42. The fourth-order valence-electron chi connectivity index (χ4n) is 2.14. The van der Waals surface area contributed by atoms with Gasteiger partial charge in [-0.25, -0.2) is 4.39 Å². The highest BCUT2D eigenvalue weighted by Gasteiger charge is 2.08. The molecule has 0 aliphatic rings. The van der Waals surface area contributed by atoms with Gasteiger partial charge in [0.05, 0.1) is 13.7 Å². The van der Waals surface area contributed by atoms with Gasteiger partial charge in [0.1, 0.15) is 6.10 Å². The fourth-order valence-corrected chi connectivity index (χ4v) is 2.14. The Kier molecular flexibility index (Phi) is 13.7. The maximum Gasteiger partial charge on any atom is 0.305 e. The quantitative estimate of drug-likeness (QED) is 0.177. The van der Waals surface area contributed by atoms with E-state index in [2.05, 4.69) is 20.4 Å². The molecule has 0 amide bonds. The van der Waals surface area contributed by atoms with E-state index in [9.17, 15) is 9.18 Å². The Morgan fingerprint density at radius 3 is 2.62 bits per heavy atom. The smallest absolute Gasteiger partial charge is 0.305 e. The molecule has 1 aromatic rings. The van der Waals surface area contributed by atoms with Crippen molar-refractivity contribution < 1.29 is 18.7 Å². The van der Waals surface area contributed by atoms with Gasteiger partial charge < -0.3 is 20.1 Å². The van der Waals surface area contributed by atoms with Gasteiger partial charge in [0.15, 0.2) is 17.5 Å². The maximum absolute atomic E-state index is 13.5. The lowest BCUT2D eigenvalue weighted by atomic mass is 10.2. The average Bonchev–Trinajstić information content (AvgIpc) is 2.62. The molecule has 0 heterocycles. The number of aliphatic imine (C=N–C) groups is 1. The van der Waals surface area contributed by atoms with Gasteiger partial charge in [-0.2, -0.15) is 0 Å². The third kappa shape index (κ3) is 10.4. The standard InChI is InChI=1S/C18H28FN3O3.HI/c1-14(25-16-10-7-6-9-15(16)19)13-22-18(20-2)21-12-8-4-5-11-17(23)24-3;/h6-7,9-10,14H,4-5,8,11-13H2,1-3H3,(H2,20,21,22);1H. The number of benzene rings is 1. The number of methoxy groups -OCH3 is 1. The molecular formula is C18H29FIN3O3. The second kappa shape index (κ2) is 14.6. The lowest BCUT2D eigenvalue weighted by Gasteiger charge is -2.18. The fraction of sp³-hybridized carbons (Fsp3) is 0.556. The normalized spacial score (nSPS) is 11.9. The Hall–Kier alpha value is -1.58. The van der Waals surface area contributed by atoms with Crippen LogP contribution in [0.5, 0.6) is 5.75 Å². The van der Waals surface area contributed by atoms with Crippen LogP contribution >= 0.6 is 24.0 Å². The number of nitrogens with zero attached hydrogens (tertiary/aromatic N) is 1. The number of hydrogen-bond donors (Lipinski definition) is 2. The monoisotopic (exact) mass is 481 g/mol. The lowest BCUT2D eigenvalue weighted by molar-refractivity contribution is -0.140. The number of guanidine groups is 1. The summed E-state index contributed by atoms with van der Waals surface area (Å²) < 4.78 is 23.7. The molecule has 148 valence electrons. The molecule has 0 saturated carbocycles. The summed E-state index contributed by atoms with van der Waals surface area (Å²) in [7, 11) is 3.09. The van der Waals surface area contributed by atoms with E-state index in [-0.39, 0.29) is 47.6 Å². The molecule has 0 aliphatic carbocycles. The van der Waals surface area contributed by atoms with Crippen LogP contribution in [0.1, 0.15) is 32.6 Å².